The molecule has 0 saturated carbocycles. The van der Waals surface area contributed by atoms with Gasteiger partial charge < -0.3 is 5.32 Å². The zero-order chi connectivity index (χ0) is 13.2. The lowest BCUT2D eigenvalue weighted by atomic mass is 10.1. The molecule has 1 N–H and O–H groups in total. The number of nitrogens with zero attached hydrogens (tertiary/aromatic N) is 1. The van der Waals surface area contributed by atoms with E-state index in [0.717, 1.165) is 12.0 Å². The normalized spacial score (nSPS) is 17.8. The molecule has 0 fully saturated rings. The molecule has 0 spiro atoms. The average molecular weight is 286 g/mol. The Balaban J connectivity index is 2.19. The third-order valence-corrected chi connectivity index (χ3v) is 6.33. The maximum atomic E-state index is 12.4. The van der Waals surface area contributed by atoms with Gasteiger partial charge in [0.25, 0.3) is 10.0 Å². The van der Waals surface area contributed by atoms with Gasteiger partial charge in [0.15, 0.2) is 0 Å². The monoisotopic (exact) mass is 286 g/mol. The fourth-order valence-corrected chi connectivity index (χ4v) is 4.63. The third-order valence-electron chi connectivity index (χ3n) is 3.00. The van der Waals surface area contributed by atoms with E-state index in [1.165, 1.54) is 16.9 Å². The van der Waals surface area contributed by atoms with E-state index in [2.05, 4.69) is 5.32 Å². The molecule has 2 rings (SSSR count). The van der Waals surface area contributed by atoms with Gasteiger partial charge in [-0.2, -0.15) is 4.31 Å². The molecule has 6 heteroatoms. The second kappa shape index (κ2) is 5.52. The molecule has 0 aliphatic carbocycles. The van der Waals surface area contributed by atoms with Crippen molar-refractivity contribution in [1.82, 2.24) is 9.62 Å². The lowest BCUT2D eigenvalue weighted by molar-refractivity contribution is 0.433. The van der Waals surface area contributed by atoms with Crippen LogP contribution in [0, 0.1) is 0 Å². The smallest absolute Gasteiger partial charge is 0.252 e. The van der Waals surface area contributed by atoms with Crippen molar-refractivity contribution in [2.24, 2.45) is 0 Å². The second-order valence-corrected chi connectivity index (χ2v) is 7.54. The summed E-state index contributed by atoms with van der Waals surface area (Å²) >= 11 is 1.30. The van der Waals surface area contributed by atoms with Crippen LogP contribution in [0.3, 0.4) is 0 Å². The second-order valence-electron chi connectivity index (χ2n) is 4.47. The van der Waals surface area contributed by atoms with E-state index < -0.39 is 10.0 Å². The van der Waals surface area contributed by atoms with E-state index in [0.29, 0.717) is 23.8 Å². The molecule has 1 aliphatic heterocycles. The van der Waals surface area contributed by atoms with Crippen LogP contribution in [-0.2, 0) is 16.6 Å². The topological polar surface area (TPSA) is 49.4 Å². The van der Waals surface area contributed by atoms with Gasteiger partial charge in [-0.3, -0.25) is 0 Å². The lowest BCUT2D eigenvalue weighted by Gasteiger charge is -2.23. The van der Waals surface area contributed by atoms with Crippen LogP contribution < -0.4 is 5.32 Å². The van der Waals surface area contributed by atoms with Crippen molar-refractivity contribution in [3.05, 3.63) is 28.7 Å². The highest BCUT2D eigenvalue weighted by Gasteiger charge is 2.26. The maximum absolute atomic E-state index is 12.4. The number of hydrogen-bond donors (Lipinski definition) is 1. The molecule has 0 atom stereocenters. The molecule has 18 heavy (non-hydrogen) atoms. The number of hydrogen-bond acceptors (Lipinski definition) is 4. The summed E-state index contributed by atoms with van der Waals surface area (Å²) in [5, 5.41) is 4.92. The van der Waals surface area contributed by atoms with Crippen LogP contribution in [0.15, 0.2) is 27.3 Å². The van der Waals surface area contributed by atoms with E-state index in [1.54, 1.807) is 10.4 Å². The van der Waals surface area contributed by atoms with E-state index in [9.17, 15) is 8.42 Å². The van der Waals surface area contributed by atoms with Gasteiger partial charge >= 0.3 is 0 Å². The Morgan fingerprint density at radius 2 is 2.28 bits per heavy atom. The maximum Gasteiger partial charge on any atom is 0.252 e. The van der Waals surface area contributed by atoms with Crippen LogP contribution in [0.4, 0.5) is 0 Å². The molecule has 4 nitrogen and oxygen atoms in total. The van der Waals surface area contributed by atoms with Crippen molar-refractivity contribution >= 4 is 21.4 Å². The Bertz CT molecular complexity index is 546. The molecule has 1 aromatic rings. The van der Waals surface area contributed by atoms with Crippen molar-refractivity contribution in [1.29, 1.82) is 0 Å². The quantitative estimate of drug-likeness (QED) is 0.859. The van der Waals surface area contributed by atoms with Crippen molar-refractivity contribution in [3.8, 4) is 0 Å². The number of sulfonamides is 1. The molecule has 100 valence electrons. The highest BCUT2D eigenvalue weighted by molar-refractivity contribution is 7.91. The summed E-state index contributed by atoms with van der Waals surface area (Å²) in [6.07, 6.45) is 2.82. The number of rotatable bonds is 4. The highest BCUT2D eigenvalue weighted by Crippen LogP contribution is 2.26. The van der Waals surface area contributed by atoms with Crippen LogP contribution in [0.5, 0.6) is 0 Å². The first-order chi connectivity index (χ1) is 8.54. The van der Waals surface area contributed by atoms with Gasteiger partial charge in [0.1, 0.15) is 4.21 Å². The standard InChI is InChI=1S/C12H18N2O2S2/c1-10-3-5-14(6-4-10)18(15,16)12-7-11(8-13-2)9-17-12/h3,7,9,13H,4-6,8H2,1-2H3. The summed E-state index contributed by atoms with van der Waals surface area (Å²) in [7, 11) is -1.45. The van der Waals surface area contributed by atoms with Gasteiger partial charge in [-0.1, -0.05) is 11.6 Å². The lowest BCUT2D eigenvalue weighted by Crippen LogP contribution is -2.34. The summed E-state index contributed by atoms with van der Waals surface area (Å²) in [5.74, 6) is 0. The molecule has 2 heterocycles. The molecular weight excluding hydrogens is 268 g/mol. The Morgan fingerprint density at radius 1 is 1.50 bits per heavy atom. The molecule has 0 amide bonds. The Kier molecular flexibility index (Phi) is 4.21. The zero-order valence-corrected chi connectivity index (χ0v) is 12.3. The highest BCUT2D eigenvalue weighted by atomic mass is 32.2. The first kappa shape index (κ1) is 13.7. The van der Waals surface area contributed by atoms with Crippen LogP contribution >= 0.6 is 11.3 Å². The van der Waals surface area contributed by atoms with Gasteiger partial charge in [-0.05, 0) is 37.4 Å². The molecule has 0 unspecified atom stereocenters. The van der Waals surface area contributed by atoms with Gasteiger partial charge in [-0.15, -0.1) is 11.3 Å². The first-order valence-corrected chi connectivity index (χ1v) is 8.24. The fraction of sp³-hybridized carbons (Fsp3) is 0.500. The van der Waals surface area contributed by atoms with Crippen LogP contribution in [0.25, 0.3) is 0 Å². The van der Waals surface area contributed by atoms with Crippen molar-refractivity contribution in [3.63, 3.8) is 0 Å². The van der Waals surface area contributed by atoms with Gasteiger partial charge in [0.05, 0.1) is 0 Å². The van der Waals surface area contributed by atoms with E-state index in [-0.39, 0.29) is 0 Å². The van der Waals surface area contributed by atoms with Gasteiger partial charge in [0, 0.05) is 19.6 Å². The van der Waals surface area contributed by atoms with E-state index in [1.807, 2.05) is 25.4 Å². The molecule has 0 bridgehead atoms. The summed E-state index contributed by atoms with van der Waals surface area (Å²) in [4.78, 5) is 0. The fourth-order valence-electron chi connectivity index (χ4n) is 1.88. The Hall–Kier alpha value is -0.690. The van der Waals surface area contributed by atoms with E-state index >= 15 is 0 Å². The van der Waals surface area contributed by atoms with Gasteiger partial charge in [0.2, 0.25) is 0 Å². The minimum atomic E-state index is -3.30. The van der Waals surface area contributed by atoms with Crippen molar-refractivity contribution in [2.75, 3.05) is 20.1 Å². The zero-order valence-electron chi connectivity index (χ0n) is 10.6. The molecule has 1 aromatic heterocycles. The summed E-state index contributed by atoms with van der Waals surface area (Å²) in [5.41, 5.74) is 2.29. The van der Waals surface area contributed by atoms with Crippen LogP contribution in [0.2, 0.25) is 0 Å². The van der Waals surface area contributed by atoms with Crippen molar-refractivity contribution < 1.29 is 8.42 Å². The van der Waals surface area contributed by atoms with Crippen LogP contribution in [-0.4, -0.2) is 32.9 Å². The van der Waals surface area contributed by atoms with Crippen LogP contribution in [0.1, 0.15) is 18.9 Å². The molecular formula is C12H18N2O2S2. The molecule has 0 saturated heterocycles. The SMILES string of the molecule is CNCc1csc(S(=O)(=O)N2CC=C(C)CC2)c1. The third kappa shape index (κ3) is 2.83. The predicted octanol–water partition coefficient (Wildman–Crippen LogP) is 1.81. The largest absolute Gasteiger partial charge is 0.316 e. The Labute approximate surface area is 112 Å². The minimum absolute atomic E-state index is 0.445. The summed E-state index contributed by atoms with van der Waals surface area (Å²) in [6.45, 7) is 3.82. The average Bonchev–Trinajstić information content (AvgIpc) is 2.79. The number of nitrogens with one attached hydrogen (secondary N) is 1. The van der Waals surface area contributed by atoms with E-state index in [4.69, 9.17) is 0 Å². The van der Waals surface area contributed by atoms with Crippen molar-refractivity contribution in [2.45, 2.75) is 24.1 Å². The Morgan fingerprint density at radius 3 is 2.89 bits per heavy atom. The molecule has 1 aliphatic rings. The first-order valence-electron chi connectivity index (χ1n) is 5.92. The van der Waals surface area contributed by atoms with Gasteiger partial charge in [-0.25, -0.2) is 8.42 Å². The summed E-state index contributed by atoms with van der Waals surface area (Å²) < 4.78 is 26.8. The summed E-state index contributed by atoms with van der Waals surface area (Å²) in [6, 6.07) is 1.77. The predicted molar refractivity (Wildman–Crippen MR) is 74.2 cm³/mol. The molecule has 0 radical (unpaired) electrons. The number of thiophene rings is 1. The minimum Gasteiger partial charge on any atom is -0.316 e. The molecule has 0 aromatic carbocycles.